The summed E-state index contributed by atoms with van der Waals surface area (Å²) in [5.74, 6) is 0.316. The highest BCUT2D eigenvalue weighted by Gasteiger charge is 2.46. The molecule has 0 aromatic carbocycles. The molecule has 1 N–H and O–H groups in total. The number of likely N-dealkylation sites (tertiary alicyclic amines) is 1. The normalized spacial score (nSPS) is 18.6. The standard InChI is InChI=1S/C18H20N6O2/c1-12-13(16(26)22-8-3-5-18(11-22)6-7-18)10-19-24(12)17-20-15(25)14-4-2-9-23(14)21-17/h2,4,9-10H,3,5-8,11H2,1H3,(H,20,21,25). The second-order valence-corrected chi connectivity index (χ2v) is 7.50. The fourth-order valence-corrected chi connectivity index (χ4v) is 4.00. The summed E-state index contributed by atoms with van der Waals surface area (Å²) >= 11 is 0. The summed E-state index contributed by atoms with van der Waals surface area (Å²) in [7, 11) is 0. The number of rotatable bonds is 2. The monoisotopic (exact) mass is 352 g/mol. The number of carbonyl (C=O) groups excluding carboxylic acids is 1. The number of H-pyrrole nitrogens is 1. The molecule has 2 fully saturated rings. The van der Waals surface area contributed by atoms with E-state index in [1.807, 2.05) is 11.8 Å². The van der Waals surface area contributed by atoms with Gasteiger partial charge in [0, 0.05) is 19.3 Å². The van der Waals surface area contributed by atoms with Crippen molar-refractivity contribution in [2.45, 2.75) is 32.6 Å². The lowest BCUT2D eigenvalue weighted by Gasteiger charge is -2.32. The Labute approximate surface area is 149 Å². The third-order valence-corrected chi connectivity index (χ3v) is 5.74. The third kappa shape index (κ3) is 2.28. The Morgan fingerprint density at radius 2 is 2.15 bits per heavy atom. The zero-order valence-electron chi connectivity index (χ0n) is 14.6. The highest BCUT2D eigenvalue weighted by Crippen LogP contribution is 2.52. The van der Waals surface area contributed by atoms with Gasteiger partial charge in [-0.2, -0.15) is 5.10 Å². The summed E-state index contributed by atoms with van der Waals surface area (Å²) in [6, 6.07) is 3.46. The van der Waals surface area contributed by atoms with Gasteiger partial charge in [0.2, 0.25) is 5.95 Å². The first-order valence-electron chi connectivity index (χ1n) is 8.98. The van der Waals surface area contributed by atoms with E-state index in [4.69, 9.17) is 0 Å². The highest BCUT2D eigenvalue weighted by atomic mass is 16.2. The maximum Gasteiger partial charge on any atom is 0.276 e. The smallest absolute Gasteiger partial charge is 0.276 e. The van der Waals surface area contributed by atoms with Crippen LogP contribution in [0.2, 0.25) is 0 Å². The molecule has 0 bridgehead atoms. The molecular weight excluding hydrogens is 332 g/mol. The van der Waals surface area contributed by atoms with Crippen LogP contribution in [-0.4, -0.2) is 48.3 Å². The molecule has 2 aliphatic rings. The molecule has 1 amide bonds. The maximum absolute atomic E-state index is 13.0. The van der Waals surface area contributed by atoms with Crippen LogP contribution in [-0.2, 0) is 0 Å². The lowest BCUT2D eigenvalue weighted by molar-refractivity contribution is 0.0654. The summed E-state index contributed by atoms with van der Waals surface area (Å²) in [6.45, 7) is 3.48. The number of nitrogens with zero attached hydrogens (tertiary/aromatic N) is 5. The van der Waals surface area contributed by atoms with E-state index in [-0.39, 0.29) is 11.5 Å². The summed E-state index contributed by atoms with van der Waals surface area (Å²) in [5.41, 5.74) is 1.86. The van der Waals surface area contributed by atoms with Crippen LogP contribution in [0.3, 0.4) is 0 Å². The van der Waals surface area contributed by atoms with Gasteiger partial charge in [-0.15, -0.1) is 5.10 Å². The Morgan fingerprint density at radius 1 is 1.31 bits per heavy atom. The van der Waals surface area contributed by atoms with E-state index < -0.39 is 0 Å². The Bertz CT molecular complexity index is 1070. The van der Waals surface area contributed by atoms with Gasteiger partial charge >= 0.3 is 0 Å². The lowest BCUT2D eigenvalue weighted by atomic mass is 9.94. The van der Waals surface area contributed by atoms with Crippen molar-refractivity contribution < 1.29 is 4.79 Å². The average Bonchev–Trinajstić information content (AvgIpc) is 3.06. The predicted molar refractivity (Wildman–Crippen MR) is 94.5 cm³/mol. The first-order chi connectivity index (χ1) is 12.6. The van der Waals surface area contributed by atoms with Crippen molar-refractivity contribution in [2.75, 3.05) is 13.1 Å². The van der Waals surface area contributed by atoms with Gasteiger partial charge in [-0.3, -0.25) is 14.6 Å². The van der Waals surface area contributed by atoms with E-state index in [2.05, 4.69) is 15.2 Å². The molecule has 1 saturated heterocycles. The number of aromatic amines is 1. The number of aromatic nitrogens is 5. The summed E-state index contributed by atoms with van der Waals surface area (Å²) in [4.78, 5) is 29.9. The molecular formula is C18H20N6O2. The van der Waals surface area contributed by atoms with E-state index in [9.17, 15) is 9.59 Å². The Hall–Kier alpha value is -2.90. The van der Waals surface area contributed by atoms with Crippen LogP contribution in [0.15, 0.2) is 29.3 Å². The number of fused-ring (bicyclic) bond motifs is 1. The van der Waals surface area contributed by atoms with Crippen molar-refractivity contribution in [3.8, 4) is 5.95 Å². The zero-order chi connectivity index (χ0) is 17.9. The summed E-state index contributed by atoms with van der Waals surface area (Å²) in [5, 5.41) is 8.69. The van der Waals surface area contributed by atoms with Crippen LogP contribution in [0.4, 0.5) is 0 Å². The van der Waals surface area contributed by atoms with Gasteiger partial charge in [0.25, 0.3) is 11.5 Å². The Morgan fingerprint density at radius 3 is 2.96 bits per heavy atom. The molecule has 1 aliphatic carbocycles. The summed E-state index contributed by atoms with van der Waals surface area (Å²) in [6.07, 6.45) is 8.05. The van der Waals surface area contributed by atoms with E-state index in [0.29, 0.717) is 28.1 Å². The van der Waals surface area contributed by atoms with Crippen LogP contribution in [0, 0.1) is 12.3 Å². The molecule has 1 saturated carbocycles. The third-order valence-electron chi connectivity index (χ3n) is 5.74. The number of amides is 1. The van der Waals surface area contributed by atoms with Crippen molar-refractivity contribution in [3.05, 3.63) is 46.1 Å². The van der Waals surface area contributed by atoms with Crippen LogP contribution in [0.25, 0.3) is 11.5 Å². The van der Waals surface area contributed by atoms with Gasteiger partial charge < -0.3 is 4.90 Å². The van der Waals surface area contributed by atoms with E-state index in [1.54, 1.807) is 24.5 Å². The minimum Gasteiger partial charge on any atom is -0.338 e. The van der Waals surface area contributed by atoms with Crippen molar-refractivity contribution in [1.29, 1.82) is 0 Å². The Balaban J connectivity index is 1.49. The zero-order valence-corrected chi connectivity index (χ0v) is 14.6. The lowest BCUT2D eigenvalue weighted by Crippen LogP contribution is -2.40. The van der Waals surface area contributed by atoms with Crippen molar-refractivity contribution in [1.82, 2.24) is 29.3 Å². The van der Waals surface area contributed by atoms with Gasteiger partial charge in [0.05, 0.1) is 17.5 Å². The van der Waals surface area contributed by atoms with Gasteiger partial charge in [0.15, 0.2) is 0 Å². The fraction of sp³-hybridized carbons (Fsp3) is 0.444. The quantitative estimate of drug-likeness (QED) is 0.758. The molecule has 8 nitrogen and oxygen atoms in total. The Kier molecular flexibility index (Phi) is 3.13. The van der Waals surface area contributed by atoms with Crippen LogP contribution >= 0.6 is 0 Å². The molecule has 8 heteroatoms. The highest BCUT2D eigenvalue weighted by molar-refractivity contribution is 5.95. The molecule has 0 unspecified atom stereocenters. The van der Waals surface area contributed by atoms with Crippen LogP contribution in [0.1, 0.15) is 41.7 Å². The number of nitrogens with one attached hydrogen (secondary N) is 1. The summed E-state index contributed by atoms with van der Waals surface area (Å²) < 4.78 is 3.03. The molecule has 3 aromatic heterocycles. The predicted octanol–water partition coefficient (Wildman–Crippen LogP) is 1.53. The molecule has 4 heterocycles. The molecule has 0 radical (unpaired) electrons. The molecule has 26 heavy (non-hydrogen) atoms. The maximum atomic E-state index is 13.0. The number of hydrogen-bond donors (Lipinski definition) is 1. The largest absolute Gasteiger partial charge is 0.338 e. The SMILES string of the molecule is Cc1c(C(=O)N2CCCC3(CC3)C2)cnn1-c1nn2cccc2c(=O)[nH]1. The van der Waals surface area contributed by atoms with Crippen molar-refractivity contribution in [2.24, 2.45) is 5.41 Å². The molecule has 134 valence electrons. The minimum atomic E-state index is -0.241. The molecule has 3 aromatic rings. The first-order valence-corrected chi connectivity index (χ1v) is 8.98. The van der Waals surface area contributed by atoms with E-state index in [1.165, 1.54) is 28.5 Å². The molecule has 1 aliphatic heterocycles. The molecule has 0 atom stereocenters. The van der Waals surface area contributed by atoms with Gasteiger partial charge in [0.1, 0.15) is 5.52 Å². The minimum absolute atomic E-state index is 0.0177. The van der Waals surface area contributed by atoms with Crippen LogP contribution < -0.4 is 5.56 Å². The van der Waals surface area contributed by atoms with Crippen LogP contribution in [0.5, 0.6) is 0 Å². The number of carbonyl (C=O) groups is 1. The van der Waals surface area contributed by atoms with Gasteiger partial charge in [-0.05, 0) is 50.2 Å². The second-order valence-electron chi connectivity index (χ2n) is 7.50. The first kappa shape index (κ1) is 15.4. The number of piperidine rings is 1. The van der Waals surface area contributed by atoms with Gasteiger partial charge in [-0.25, -0.2) is 9.20 Å². The van der Waals surface area contributed by atoms with Crippen molar-refractivity contribution >= 4 is 11.4 Å². The molecule has 1 spiro atoms. The average molecular weight is 352 g/mol. The van der Waals surface area contributed by atoms with Gasteiger partial charge in [-0.1, -0.05) is 0 Å². The fourth-order valence-electron chi connectivity index (χ4n) is 4.00. The number of hydrogen-bond acceptors (Lipinski definition) is 4. The molecule has 5 rings (SSSR count). The van der Waals surface area contributed by atoms with E-state index >= 15 is 0 Å². The van der Waals surface area contributed by atoms with E-state index in [0.717, 1.165) is 19.5 Å². The second kappa shape index (κ2) is 5.30. The topological polar surface area (TPSA) is 88.3 Å². The van der Waals surface area contributed by atoms with Crippen molar-refractivity contribution in [3.63, 3.8) is 0 Å².